The first-order valence-corrected chi connectivity index (χ1v) is 13.5. The largest absolute Gasteiger partial charge is 0.384 e. The molecule has 0 atom stereocenters. The van der Waals surface area contributed by atoms with Gasteiger partial charge in [-0.25, -0.2) is 9.97 Å². The Morgan fingerprint density at radius 2 is 0.821 bits per heavy atom. The van der Waals surface area contributed by atoms with Crippen LogP contribution in [-0.2, 0) is 0 Å². The van der Waals surface area contributed by atoms with Gasteiger partial charge in [0.2, 0.25) is 0 Å². The van der Waals surface area contributed by atoms with Gasteiger partial charge >= 0.3 is 0 Å². The van der Waals surface area contributed by atoms with E-state index in [4.69, 9.17) is 9.97 Å². The maximum atomic E-state index is 4.83. The normalized spacial score (nSPS) is 11.3. The SMILES string of the molecule is CN(CCCNc1c2ccccc2nc2ccccc12)CCCNc1c2ccccc2nc2ccccc12.Cl. The minimum absolute atomic E-state index is 0. The van der Waals surface area contributed by atoms with Crippen LogP contribution in [0.3, 0.4) is 0 Å². The van der Waals surface area contributed by atoms with E-state index in [1.54, 1.807) is 0 Å². The number of anilines is 2. The number of fused-ring (bicyclic) bond motifs is 4. The predicted octanol–water partition coefficient (Wildman–Crippen LogP) is 7.75. The van der Waals surface area contributed by atoms with Gasteiger partial charge < -0.3 is 15.5 Å². The van der Waals surface area contributed by atoms with Gasteiger partial charge in [0.25, 0.3) is 0 Å². The lowest BCUT2D eigenvalue weighted by Crippen LogP contribution is -2.24. The van der Waals surface area contributed by atoms with Crippen LogP contribution in [-0.4, -0.2) is 48.1 Å². The molecule has 39 heavy (non-hydrogen) atoms. The van der Waals surface area contributed by atoms with Crippen LogP contribution in [0, 0.1) is 0 Å². The van der Waals surface area contributed by atoms with Crippen LogP contribution in [0.2, 0.25) is 0 Å². The number of hydrogen-bond donors (Lipinski definition) is 2. The van der Waals surface area contributed by atoms with Gasteiger partial charge in [0.15, 0.2) is 0 Å². The second-order valence-corrected chi connectivity index (χ2v) is 9.91. The Hall–Kier alpha value is -3.93. The highest BCUT2D eigenvalue weighted by molar-refractivity contribution is 6.08. The summed E-state index contributed by atoms with van der Waals surface area (Å²) in [7, 11) is 2.22. The second kappa shape index (κ2) is 12.3. The van der Waals surface area contributed by atoms with E-state index in [1.807, 2.05) is 0 Å². The molecule has 6 rings (SSSR count). The summed E-state index contributed by atoms with van der Waals surface area (Å²) < 4.78 is 0. The molecule has 0 amide bonds. The van der Waals surface area contributed by atoms with Gasteiger partial charge in [0.05, 0.1) is 33.4 Å². The third-order valence-corrected chi connectivity index (χ3v) is 7.21. The van der Waals surface area contributed by atoms with Gasteiger partial charge in [0, 0.05) is 34.6 Å². The molecular weight excluding hydrogens is 502 g/mol. The number of aromatic nitrogens is 2. The van der Waals surface area contributed by atoms with Crippen molar-refractivity contribution in [2.24, 2.45) is 0 Å². The molecule has 2 aromatic heterocycles. The average Bonchev–Trinajstić information content (AvgIpc) is 2.96. The van der Waals surface area contributed by atoms with Crippen molar-refractivity contribution in [1.82, 2.24) is 14.9 Å². The average molecular weight is 536 g/mol. The summed E-state index contributed by atoms with van der Waals surface area (Å²) in [5.74, 6) is 0. The van der Waals surface area contributed by atoms with E-state index in [0.29, 0.717) is 0 Å². The zero-order valence-electron chi connectivity index (χ0n) is 22.2. The molecule has 0 spiro atoms. The maximum absolute atomic E-state index is 4.83. The molecular formula is C33H34ClN5. The van der Waals surface area contributed by atoms with E-state index in [-0.39, 0.29) is 12.4 Å². The van der Waals surface area contributed by atoms with E-state index in [2.05, 4.69) is 120 Å². The molecule has 0 bridgehead atoms. The van der Waals surface area contributed by atoms with Crippen LogP contribution in [0.15, 0.2) is 97.1 Å². The molecule has 0 saturated heterocycles. The zero-order valence-corrected chi connectivity index (χ0v) is 23.0. The topological polar surface area (TPSA) is 53.1 Å². The molecule has 2 heterocycles. The molecule has 2 N–H and O–H groups in total. The summed E-state index contributed by atoms with van der Waals surface area (Å²) in [6.07, 6.45) is 2.16. The standard InChI is InChI=1S/C33H33N5.ClH/c1-38(22-10-20-34-32-24-12-2-6-16-28(24)36-29-17-7-3-13-25(29)32)23-11-21-35-33-26-14-4-8-18-30(26)37-31-19-9-5-15-27(31)33;/h2-9,12-19H,10-11,20-23H2,1H3,(H,34,36)(H,35,37);1H. The monoisotopic (exact) mass is 535 g/mol. The Morgan fingerprint density at radius 3 is 1.15 bits per heavy atom. The van der Waals surface area contributed by atoms with Gasteiger partial charge in [-0.1, -0.05) is 72.8 Å². The van der Waals surface area contributed by atoms with Crippen molar-refractivity contribution in [3.63, 3.8) is 0 Å². The van der Waals surface area contributed by atoms with Gasteiger partial charge in [0.1, 0.15) is 0 Å². The summed E-state index contributed by atoms with van der Waals surface area (Å²) >= 11 is 0. The van der Waals surface area contributed by atoms with Gasteiger partial charge in [-0.15, -0.1) is 12.4 Å². The van der Waals surface area contributed by atoms with Crippen LogP contribution < -0.4 is 10.6 Å². The number of nitrogens with zero attached hydrogens (tertiary/aromatic N) is 3. The third-order valence-electron chi connectivity index (χ3n) is 7.21. The first-order chi connectivity index (χ1) is 18.8. The molecule has 5 nitrogen and oxygen atoms in total. The summed E-state index contributed by atoms with van der Waals surface area (Å²) in [4.78, 5) is 12.1. The molecule has 0 radical (unpaired) electrons. The van der Waals surface area contributed by atoms with E-state index in [1.165, 1.54) is 32.9 Å². The van der Waals surface area contributed by atoms with Crippen LogP contribution in [0.25, 0.3) is 43.6 Å². The number of nitrogens with one attached hydrogen (secondary N) is 2. The molecule has 0 unspecified atom stereocenters. The number of para-hydroxylation sites is 4. The quantitative estimate of drug-likeness (QED) is 0.139. The number of benzene rings is 4. The first kappa shape index (κ1) is 26.7. The Balaban J connectivity index is 0.00000308. The van der Waals surface area contributed by atoms with Crippen molar-refractivity contribution in [1.29, 1.82) is 0 Å². The fourth-order valence-electron chi connectivity index (χ4n) is 5.30. The second-order valence-electron chi connectivity index (χ2n) is 9.91. The molecule has 6 aromatic rings. The molecule has 198 valence electrons. The lowest BCUT2D eigenvalue weighted by molar-refractivity contribution is 0.331. The molecule has 0 aliphatic heterocycles. The zero-order chi connectivity index (χ0) is 25.7. The number of hydrogen-bond acceptors (Lipinski definition) is 5. The Labute approximate surface area is 235 Å². The molecule has 6 heteroatoms. The Bertz CT molecular complexity index is 1480. The lowest BCUT2D eigenvalue weighted by Gasteiger charge is -2.19. The molecule has 0 saturated carbocycles. The number of pyridine rings is 2. The third kappa shape index (κ3) is 5.75. The molecule has 4 aromatic carbocycles. The highest BCUT2D eigenvalue weighted by atomic mass is 35.5. The summed E-state index contributed by atoms with van der Waals surface area (Å²) in [6.45, 7) is 3.95. The van der Waals surface area contributed by atoms with Crippen LogP contribution in [0.1, 0.15) is 12.8 Å². The molecule has 0 fully saturated rings. The van der Waals surface area contributed by atoms with Crippen molar-refractivity contribution in [2.45, 2.75) is 12.8 Å². The van der Waals surface area contributed by atoms with Crippen molar-refractivity contribution >= 4 is 67.4 Å². The van der Waals surface area contributed by atoms with E-state index < -0.39 is 0 Å². The number of rotatable bonds is 10. The van der Waals surface area contributed by atoms with Gasteiger partial charge in [-0.2, -0.15) is 0 Å². The molecule has 0 aliphatic rings. The fourth-order valence-corrected chi connectivity index (χ4v) is 5.30. The first-order valence-electron chi connectivity index (χ1n) is 13.5. The van der Waals surface area contributed by atoms with E-state index in [0.717, 1.165) is 61.1 Å². The Kier molecular flexibility index (Phi) is 8.40. The van der Waals surface area contributed by atoms with Crippen molar-refractivity contribution in [3.05, 3.63) is 97.1 Å². The Morgan fingerprint density at radius 1 is 0.513 bits per heavy atom. The molecule has 0 aliphatic carbocycles. The summed E-state index contributed by atoms with van der Waals surface area (Å²) in [6, 6.07) is 33.5. The lowest BCUT2D eigenvalue weighted by atomic mass is 10.1. The van der Waals surface area contributed by atoms with Gasteiger partial charge in [-0.05, 0) is 57.2 Å². The minimum atomic E-state index is 0. The van der Waals surface area contributed by atoms with E-state index >= 15 is 0 Å². The maximum Gasteiger partial charge on any atom is 0.0730 e. The van der Waals surface area contributed by atoms with Crippen molar-refractivity contribution in [3.8, 4) is 0 Å². The fraction of sp³-hybridized carbons (Fsp3) is 0.212. The minimum Gasteiger partial charge on any atom is -0.384 e. The summed E-state index contributed by atoms with van der Waals surface area (Å²) in [5.41, 5.74) is 6.52. The number of halogens is 1. The smallest absolute Gasteiger partial charge is 0.0730 e. The van der Waals surface area contributed by atoms with Gasteiger partial charge in [-0.3, -0.25) is 0 Å². The highest BCUT2D eigenvalue weighted by Gasteiger charge is 2.10. The van der Waals surface area contributed by atoms with Crippen molar-refractivity contribution < 1.29 is 0 Å². The summed E-state index contributed by atoms with van der Waals surface area (Å²) in [5, 5.41) is 12.2. The van der Waals surface area contributed by atoms with E-state index in [9.17, 15) is 0 Å². The predicted molar refractivity (Wildman–Crippen MR) is 169 cm³/mol. The van der Waals surface area contributed by atoms with Crippen LogP contribution in [0.4, 0.5) is 11.4 Å². The van der Waals surface area contributed by atoms with Crippen molar-refractivity contribution in [2.75, 3.05) is 43.9 Å². The van der Waals surface area contributed by atoms with Crippen LogP contribution in [0.5, 0.6) is 0 Å². The highest BCUT2D eigenvalue weighted by Crippen LogP contribution is 2.31. The van der Waals surface area contributed by atoms with Crippen LogP contribution >= 0.6 is 12.4 Å².